The van der Waals surface area contributed by atoms with E-state index in [1.165, 1.54) is 0 Å². The molecule has 1 aromatic heterocycles. The molecule has 1 unspecified atom stereocenters. The molecule has 0 radical (unpaired) electrons. The number of aromatic nitrogens is 1. The first-order valence-corrected chi connectivity index (χ1v) is 4.00. The Bertz CT molecular complexity index is 338. The van der Waals surface area contributed by atoms with Gasteiger partial charge in [-0.15, -0.1) is 0 Å². The Labute approximate surface area is 76.0 Å². The molecule has 0 fully saturated rings. The number of rotatable bonds is 3. The van der Waals surface area contributed by atoms with Crippen LogP contribution in [0.2, 0.25) is 0 Å². The van der Waals surface area contributed by atoms with Gasteiger partial charge in [-0.2, -0.15) is 0 Å². The first-order chi connectivity index (χ1) is 6.19. The van der Waals surface area contributed by atoms with Crippen molar-refractivity contribution in [2.24, 2.45) is 5.11 Å². The first-order valence-electron chi connectivity index (χ1n) is 4.00. The summed E-state index contributed by atoms with van der Waals surface area (Å²) in [7, 11) is 0. The van der Waals surface area contributed by atoms with Crippen LogP contribution in [0.3, 0.4) is 0 Å². The van der Waals surface area contributed by atoms with E-state index in [0.717, 1.165) is 17.0 Å². The third kappa shape index (κ3) is 2.02. The summed E-state index contributed by atoms with van der Waals surface area (Å²) in [4.78, 5) is 5.77. The van der Waals surface area contributed by atoms with Crippen molar-refractivity contribution in [3.63, 3.8) is 0 Å². The Morgan fingerprint density at radius 1 is 1.69 bits per heavy atom. The highest BCUT2D eigenvalue weighted by Gasteiger charge is 2.12. The van der Waals surface area contributed by atoms with E-state index in [1.54, 1.807) is 0 Å². The number of H-pyrrole nitrogens is 1. The van der Waals surface area contributed by atoms with E-state index in [9.17, 15) is 0 Å². The molecule has 70 valence electrons. The van der Waals surface area contributed by atoms with Crippen LogP contribution in [-0.4, -0.2) is 16.7 Å². The Morgan fingerprint density at radius 3 is 2.77 bits per heavy atom. The molecule has 2 N–H and O–H groups in total. The van der Waals surface area contributed by atoms with Crippen molar-refractivity contribution in [3.8, 4) is 0 Å². The quantitative estimate of drug-likeness (QED) is 0.416. The molecular weight excluding hydrogens is 168 g/mol. The van der Waals surface area contributed by atoms with Crippen LogP contribution in [0.1, 0.15) is 23.0 Å². The van der Waals surface area contributed by atoms with Gasteiger partial charge in [0, 0.05) is 16.3 Å². The van der Waals surface area contributed by atoms with Gasteiger partial charge in [0.1, 0.15) is 0 Å². The number of aliphatic hydroxyl groups is 1. The summed E-state index contributed by atoms with van der Waals surface area (Å²) >= 11 is 0. The molecule has 1 aromatic rings. The largest absolute Gasteiger partial charge is 0.396 e. The molecule has 0 bridgehead atoms. The molecule has 0 amide bonds. The van der Waals surface area contributed by atoms with Crippen LogP contribution in [-0.2, 0) is 0 Å². The molecule has 1 heterocycles. The lowest BCUT2D eigenvalue weighted by molar-refractivity contribution is 0.267. The summed E-state index contributed by atoms with van der Waals surface area (Å²) in [5.74, 6) is 0. The molecule has 0 saturated carbocycles. The molecule has 0 aliphatic heterocycles. The van der Waals surface area contributed by atoms with Gasteiger partial charge in [-0.05, 0) is 31.0 Å². The number of azide groups is 1. The molecular formula is C8H12N4O. The fourth-order valence-corrected chi connectivity index (χ4v) is 1.35. The van der Waals surface area contributed by atoms with Gasteiger partial charge in [0.15, 0.2) is 0 Å². The zero-order valence-corrected chi connectivity index (χ0v) is 7.65. The molecule has 0 aliphatic carbocycles. The summed E-state index contributed by atoms with van der Waals surface area (Å²) in [6.45, 7) is 3.64. The minimum absolute atomic E-state index is 0.164. The van der Waals surface area contributed by atoms with E-state index in [1.807, 2.05) is 19.9 Å². The Morgan fingerprint density at radius 2 is 2.38 bits per heavy atom. The molecule has 13 heavy (non-hydrogen) atoms. The standard InChI is InChI=1S/C8H12N4O/c1-5-3-7(6(2)10-5)8(4-13)11-12-9/h3,8,10,13H,4H2,1-2H3. The molecule has 1 atom stereocenters. The van der Waals surface area contributed by atoms with E-state index in [-0.39, 0.29) is 6.61 Å². The number of hydrogen-bond acceptors (Lipinski definition) is 2. The van der Waals surface area contributed by atoms with Crippen LogP contribution in [0, 0.1) is 13.8 Å². The predicted octanol–water partition coefficient (Wildman–Crippen LogP) is 1.98. The maximum atomic E-state index is 8.97. The van der Waals surface area contributed by atoms with Gasteiger partial charge in [0.05, 0.1) is 12.6 Å². The second-order valence-electron chi connectivity index (χ2n) is 2.94. The summed E-state index contributed by atoms with van der Waals surface area (Å²) in [6, 6.07) is 1.40. The lowest BCUT2D eigenvalue weighted by atomic mass is 10.1. The van der Waals surface area contributed by atoms with E-state index >= 15 is 0 Å². The summed E-state index contributed by atoms with van der Waals surface area (Å²) in [5.41, 5.74) is 11.1. The Kier molecular flexibility index (Phi) is 2.95. The fourth-order valence-electron chi connectivity index (χ4n) is 1.35. The smallest absolute Gasteiger partial charge is 0.0873 e. The maximum absolute atomic E-state index is 8.97. The third-order valence-electron chi connectivity index (χ3n) is 1.91. The normalized spacial score (nSPS) is 12.2. The van der Waals surface area contributed by atoms with E-state index < -0.39 is 6.04 Å². The summed E-state index contributed by atoms with van der Waals surface area (Å²) < 4.78 is 0. The van der Waals surface area contributed by atoms with Gasteiger partial charge in [0.25, 0.3) is 0 Å². The maximum Gasteiger partial charge on any atom is 0.0873 e. The zero-order valence-electron chi connectivity index (χ0n) is 7.65. The van der Waals surface area contributed by atoms with Gasteiger partial charge in [-0.25, -0.2) is 0 Å². The van der Waals surface area contributed by atoms with E-state index in [2.05, 4.69) is 15.0 Å². The Balaban J connectivity index is 3.03. The molecule has 5 heteroatoms. The van der Waals surface area contributed by atoms with Gasteiger partial charge in [-0.3, -0.25) is 0 Å². The molecule has 0 aliphatic rings. The van der Waals surface area contributed by atoms with Gasteiger partial charge in [0.2, 0.25) is 0 Å². The predicted molar refractivity (Wildman–Crippen MR) is 49.2 cm³/mol. The van der Waals surface area contributed by atoms with Crippen molar-refractivity contribution < 1.29 is 5.11 Å². The summed E-state index contributed by atoms with van der Waals surface area (Å²) in [5, 5.41) is 12.5. The van der Waals surface area contributed by atoms with Gasteiger partial charge in [-0.1, -0.05) is 5.11 Å². The van der Waals surface area contributed by atoms with Crippen molar-refractivity contribution in [2.75, 3.05) is 6.61 Å². The second kappa shape index (κ2) is 3.98. The topological polar surface area (TPSA) is 84.8 Å². The lowest BCUT2D eigenvalue weighted by Gasteiger charge is -2.05. The average molecular weight is 180 g/mol. The van der Waals surface area contributed by atoms with E-state index in [0.29, 0.717) is 0 Å². The minimum atomic E-state index is -0.477. The van der Waals surface area contributed by atoms with Crippen LogP contribution in [0.5, 0.6) is 0 Å². The second-order valence-corrected chi connectivity index (χ2v) is 2.94. The SMILES string of the molecule is Cc1cc(C(CO)N=[N+]=[N-])c(C)[nH]1. The van der Waals surface area contributed by atoms with Gasteiger partial charge >= 0.3 is 0 Å². The van der Waals surface area contributed by atoms with Crippen molar-refractivity contribution in [3.05, 3.63) is 33.5 Å². The third-order valence-corrected chi connectivity index (χ3v) is 1.91. The van der Waals surface area contributed by atoms with Gasteiger partial charge < -0.3 is 10.1 Å². The highest BCUT2D eigenvalue weighted by molar-refractivity contribution is 5.27. The number of hydrogen-bond donors (Lipinski definition) is 2. The van der Waals surface area contributed by atoms with Crippen LogP contribution >= 0.6 is 0 Å². The van der Waals surface area contributed by atoms with Crippen molar-refractivity contribution in [1.29, 1.82) is 0 Å². The highest BCUT2D eigenvalue weighted by atomic mass is 16.3. The lowest BCUT2D eigenvalue weighted by Crippen LogP contribution is -2.00. The first kappa shape index (κ1) is 9.64. The van der Waals surface area contributed by atoms with Crippen LogP contribution < -0.4 is 0 Å². The average Bonchev–Trinajstić information content (AvgIpc) is 2.41. The van der Waals surface area contributed by atoms with Crippen LogP contribution in [0.25, 0.3) is 10.4 Å². The number of aryl methyl sites for hydroxylation is 2. The molecule has 1 rings (SSSR count). The van der Waals surface area contributed by atoms with E-state index in [4.69, 9.17) is 10.6 Å². The number of nitrogens with one attached hydrogen (secondary N) is 1. The van der Waals surface area contributed by atoms with Crippen molar-refractivity contribution in [1.82, 2.24) is 4.98 Å². The number of aromatic amines is 1. The number of nitrogens with zero attached hydrogens (tertiary/aromatic N) is 3. The van der Waals surface area contributed by atoms with Crippen LogP contribution in [0.4, 0.5) is 0 Å². The molecule has 0 spiro atoms. The molecule has 0 aromatic carbocycles. The Hall–Kier alpha value is -1.45. The monoisotopic (exact) mass is 180 g/mol. The number of aliphatic hydroxyl groups excluding tert-OH is 1. The highest BCUT2D eigenvalue weighted by Crippen LogP contribution is 2.21. The van der Waals surface area contributed by atoms with Crippen molar-refractivity contribution >= 4 is 0 Å². The molecule has 0 saturated heterocycles. The van der Waals surface area contributed by atoms with Crippen molar-refractivity contribution in [2.45, 2.75) is 19.9 Å². The summed E-state index contributed by atoms with van der Waals surface area (Å²) in [6.07, 6.45) is 0. The van der Waals surface area contributed by atoms with Crippen LogP contribution in [0.15, 0.2) is 11.2 Å². The fraction of sp³-hybridized carbons (Fsp3) is 0.500. The molecule has 5 nitrogen and oxygen atoms in total. The minimum Gasteiger partial charge on any atom is -0.396 e. The zero-order chi connectivity index (χ0) is 9.84.